The van der Waals surface area contributed by atoms with Crippen LogP contribution in [-0.4, -0.2) is 18.4 Å². The first-order valence-corrected chi connectivity index (χ1v) is 10.6. The van der Waals surface area contributed by atoms with Crippen LogP contribution in [0.4, 0.5) is 5.69 Å². The van der Waals surface area contributed by atoms with E-state index in [0.717, 1.165) is 35.2 Å². The number of anilines is 1. The summed E-state index contributed by atoms with van der Waals surface area (Å²) in [5.74, 6) is -0.123. The first-order valence-electron chi connectivity index (χ1n) is 10.6. The van der Waals surface area contributed by atoms with Crippen LogP contribution in [0.2, 0.25) is 0 Å². The molecule has 3 rings (SSSR count). The normalized spacial score (nSPS) is 10.4. The molecule has 0 spiro atoms. The van der Waals surface area contributed by atoms with Gasteiger partial charge in [0, 0.05) is 12.2 Å². The van der Waals surface area contributed by atoms with Gasteiger partial charge < -0.3 is 15.4 Å². The van der Waals surface area contributed by atoms with Crippen molar-refractivity contribution in [2.45, 2.75) is 33.2 Å². The van der Waals surface area contributed by atoms with Crippen molar-refractivity contribution in [3.05, 3.63) is 95.1 Å². The Morgan fingerprint density at radius 2 is 1.45 bits per heavy atom. The van der Waals surface area contributed by atoms with E-state index < -0.39 is 0 Å². The zero-order chi connectivity index (χ0) is 22.1. The summed E-state index contributed by atoms with van der Waals surface area (Å²) in [5.41, 5.74) is 4.45. The largest absolute Gasteiger partial charge is 0.483 e. The van der Waals surface area contributed by atoms with Crippen LogP contribution >= 0.6 is 0 Å². The number of carbonyl (C=O) groups is 2. The summed E-state index contributed by atoms with van der Waals surface area (Å²) in [6, 6.07) is 22.7. The fourth-order valence-corrected chi connectivity index (χ4v) is 3.38. The van der Waals surface area contributed by atoms with Crippen molar-refractivity contribution < 1.29 is 14.3 Å². The molecule has 0 aliphatic heterocycles. The van der Waals surface area contributed by atoms with Crippen molar-refractivity contribution in [1.82, 2.24) is 5.32 Å². The van der Waals surface area contributed by atoms with E-state index in [0.29, 0.717) is 17.9 Å². The van der Waals surface area contributed by atoms with Gasteiger partial charge in [0.25, 0.3) is 11.8 Å². The Kier molecular flexibility index (Phi) is 7.82. The lowest BCUT2D eigenvalue weighted by Crippen LogP contribution is -2.25. The van der Waals surface area contributed by atoms with E-state index in [4.69, 9.17) is 4.74 Å². The number of aryl methyl sites for hydroxylation is 2. The number of hydrogen-bond acceptors (Lipinski definition) is 3. The van der Waals surface area contributed by atoms with Gasteiger partial charge in [0.2, 0.25) is 0 Å². The van der Waals surface area contributed by atoms with Gasteiger partial charge in [-0.25, -0.2) is 0 Å². The van der Waals surface area contributed by atoms with Gasteiger partial charge in [0.05, 0.1) is 5.56 Å². The van der Waals surface area contributed by atoms with E-state index in [1.165, 1.54) is 0 Å². The lowest BCUT2D eigenvalue weighted by molar-refractivity contribution is -0.118. The van der Waals surface area contributed by atoms with Gasteiger partial charge >= 0.3 is 0 Å². The van der Waals surface area contributed by atoms with Crippen molar-refractivity contribution in [2.75, 3.05) is 11.9 Å². The van der Waals surface area contributed by atoms with Gasteiger partial charge in [-0.15, -0.1) is 0 Å². The molecule has 5 heteroatoms. The molecule has 0 fully saturated rings. The van der Waals surface area contributed by atoms with Gasteiger partial charge in [-0.2, -0.15) is 0 Å². The fraction of sp³-hybridized carbons (Fsp3) is 0.231. The molecule has 31 heavy (non-hydrogen) atoms. The number of benzene rings is 3. The number of nitrogens with one attached hydrogen (secondary N) is 2. The lowest BCUT2D eigenvalue weighted by atomic mass is 10.0. The van der Waals surface area contributed by atoms with Gasteiger partial charge in [-0.3, -0.25) is 9.59 Å². The van der Waals surface area contributed by atoms with Crippen molar-refractivity contribution >= 4 is 17.5 Å². The zero-order valence-corrected chi connectivity index (χ0v) is 18.0. The maximum atomic E-state index is 12.6. The summed E-state index contributed by atoms with van der Waals surface area (Å²) in [5, 5.41) is 5.88. The SMILES string of the molecule is CCc1cccc(CC)c1NC(=O)COc1ccccc1C(=O)NCc1ccccc1. The molecule has 5 nitrogen and oxygen atoms in total. The van der Waals surface area contributed by atoms with Crippen LogP contribution in [0, 0.1) is 0 Å². The highest BCUT2D eigenvalue weighted by Gasteiger charge is 2.15. The Labute approximate surface area is 183 Å². The molecular formula is C26H28N2O3. The summed E-state index contributed by atoms with van der Waals surface area (Å²) in [4.78, 5) is 25.2. The first kappa shape index (κ1) is 22.1. The van der Waals surface area contributed by atoms with Gasteiger partial charge in [-0.05, 0) is 41.7 Å². The highest BCUT2D eigenvalue weighted by atomic mass is 16.5. The van der Waals surface area contributed by atoms with E-state index in [1.807, 2.05) is 48.5 Å². The number of rotatable bonds is 9. The van der Waals surface area contributed by atoms with E-state index in [-0.39, 0.29) is 18.4 Å². The average Bonchev–Trinajstić information content (AvgIpc) is 2.82. The van der Waals surface area contributed by atoms with E-state index in [9.17, 15) is 9.59 Å². The monoisotopic (exact) mass is 416 g/mol. The van der Waals surface area contributed by atoms with Crippen LogP contribution < -0.4 is 15.4 Å². The van der Waals surface area contributed by atoms with Crippen LogP contribution in [0.1, 0.15) is 40.9 Å². The third-order valence-electron chi connectivity index (χ3n) is 5.05. The summed E-state index contributed by atoms with van der Waals surface area (Å²) in [7, 11) is 0. The van der Waals surface area contributed by atoms with E-state index in [1.54, 1.807) is 24.3 Å². The number of amides is 2. The smallest absolute Gasteiger partial charge is 0.262 e. The fourth-order valence-electron chi connectivity index (χ4n) is 3.38. The number of para-hydroxylation sites is 2. The molecule has 2 amide bonds. The number of carbonyl (C=O) groups excluding carboxylic acids is 2. The maximum absolute atomic E-state index is 12.6. The zero-order valence-electron chi connectivity index (χ0n) is 18.0. The molecule has 0 atom stereocenters. The minimum absolute atomic E-state index is 0.176. The highest BCUT2D eigenvalue weighted by molar-refractivity contribution is 5.97. The van der Waals surface area contributed by atoms with E-state index in [2.05, 4.69) is 24.5 Å². The van der Waals surface area contributed by atoms with Crippen LogP contribution in [0.5, 0.6) is 5.75 Å². The topological polar surface area (TPSA) is 67.4 Å². The molecule has 3 aromatic carbocycles. The molecule has 2 N–H and O–H groups in total. The quantitative estimate of drug-likeness (QED) is 0.529. The van der Waals surface area contributed by atoms with Crippen molar-refractivity contribution in [1.29, 1.82) is 0 Å². The van der Waals surface area contributed by atoms with Crippen LogP contribution in [-0.2, 0) is 24.2 Å². The summed E-state index contributed by atoms with van der Waals surface area (Å²) < 4.78 is 5.72. The van der Waals surface area contributed by atoms with Crippen molar-refractivity contribution in [3.8, 4) is 5.75 Å². The molecular weight excluding hydrogens is 388 g/mol. The van der Waals surface area contributed by atoms with Crippen LogP contribution in [0.3, 0.4) is 0 Å². The molecule has 3 aromatic rings. The molecule has 0 aliphatic rings. The molecule has 0 heterocycles. The Morgan fingerprint density at radius 1 is 0.806 bits per heavy atom. The Morgan fingerprint density at radius 3 is 2.13 bits per heavy atom. The standard InChI is InChI=1S/C26H28N2O3/c1-3-20-13-10-14-21(4-2)25(20)28-24(29)18-31-23-16-9-8-15-22(23)26(30)27-17-19-11-6-5-7-12-19/h5-16H,3-4,17-18H2,1-2H3,(H,27,30)(H,28,29). The summed E-state index contributed by atoms with van der Waals surface area (Å²) >= 11 is 0. The third kappa shape index (κ3) is 5.95. The molecule has 0 unspecified atom stereocenters. The molecule has 0 saturated heterocycles. The maximum Gasteiger partial charge on any atom is 0.262 e. The van der Waals surface area contributed by atoms with Crippen molar-refractivity contribution in [3.63, 3.8) is 0 Å². The Hall–Kier alpha value is -3.60. The second-order valence-corrected chi connectivity index (χ2v) is 7.16. The lowest BCUT2D eigenvalue weighted by Gasteiger charge is -2.15. The second kappa shape index (κ2) is 11.0. The Bertz CT molecular complexity index is 1010. The molecule has 0 aromatic heterocycles. The van der Waals surface area contributed by atoms with Crippen LogP contribution in [0.25, 0.3) is 0 Å². The van der Waals surface area contributed by atoms with Gasteiger partial charge in [0.15, 0.2) is 6.61 Å². The minimum atomic E-state index is -0.255. The summed E-state index contributed by atoms with van der Waals surface area (Å²) in [6.45, 7) is 4.36. The molecule has 0 radical (unpaired) electrons. The Balaban J connectivity index is 1.63. The van der Waals surface area contributed by atoms with Gasteiger partial charge in [0.1, 0.15) is 5.75 Å². The minimum Gasteiger partial charge on any atom is -0.483 e. The van der Waals surface area contributed by atoms with Gasteiger partial charge in [-0.1, -0.05) is 74.5 Å². The predicted octanol–water partition coefficient (Wildman–Crippen LogP) is 4.76. The average molecular weight is 417 g/mol. The molecule has 0 saturated carbocycles. The molecule has 0 bridgehead atoms. The predicted molar refractivity (Wildman–Crippen MR) is 123 cm³/mol. The third-order valence-corrected chi connectivity index (χ3v) is 5.05. The van der Waals surface area contributed by atoms with E-state index >= 15 is 0 Å². The van der Waals surface area contributed by atoms with Crippen molar-refractivity contribution in [2.24, 2.45) is 0 Å². The van der Waals surface area contributed by atoms with Crippen LogP contribution in [0.15, 0.2) is 72.8 Å². The highest BCUT2D eigenvalue weighted by Crippen LogP contribution is 2.23. The number of ether oxygens (including phenoxy) is 1. The summed E-state index contributed by atoms with van der Waals surface area (Å²) in [6.07, 6.45) is 1.66. The number of hydrogen-bond donors (Lipinski definition) is 2. The molecule has 160 valence electrons. The second-order valence-electron chi connectivity index (χ2n) is 7.16. The molecule has 0 aliphatic carbocycles. The first-order chi connectivity index (χ1) is 15.1.